The van der Waals surface area contributed by atoms with Crippen molar-refractivity contribution in [1.82, 2.24) is 0 Å². The van der Waals surface area contributed by atoms with E-state index in [1.807, 2.05) is 0 Å². The van der Waals surface area contributed by atoms with E-state index >= 15 is 0 Å². The molecule has 0 aliphatic rings. The van der Waals surface area contributed by atoms with Gasteiger partial charge >= 0.3 is 0 Å². The van der Waals surface area contributed by atoms with Crippen LogP contribution in [-0.4, -0.2) is 44.0 Å². The fraction of sp³-hybridized carbons (Fsp3) is 0.943. The molecule has 0 bridgehead atoms. The van der Waals surface area contributed by atoms with Crippen molar-refractivity contribution >= 4 is 82.1 Å². The lowest BCUT2D eigenvalue weighted by Gasteiger charge is -2.11. The van der Waals surface area contributed by atoms with E-state index in [9.17, 15) is 9.59 Å². The first-order chi connectivity index (χ1) is 21.0. The smallest absolute Gasteiger partial charge is 0.215 e. The second-order valence-electron chi connectivity index (χ2n) is 12.0. The molecule has 0 radical (unpaired) electrons. The molecule has 0 aromatic rings. The molecule has 272 valence electrons. The van der Waals surface area contributed by atoms with Crippen molar-refractivity contribution < 1.29 is 9.59 Å². The molecule has 45 heavy (non-hydrogen) atoms. The highest BCUT2D eigenvalue weighted by Gasteiger charge is 2.16. The molecule has 4 nitrogen and oxygen atoms in total. The predicted octanol–water partition coefficient (Wildman–Crippen LogP) is 12.2. The van der Waals surface area contributed by atoms with Crippen LogP contribution >= 0.6 is 71.9 Å². The van der Waals surface area contributed by atoms with Crippen LogP contribution in [0.15, 0.2) is 0 Å². The molecule has 0 aromatic carbocycles. The number of unbranched alkanes of at least 4 members (excludes halogenated alkanes) is 22. The lowest BCUT2D eigenvalue weighted by molar-refractivity contribution is -0.111. The zero-order chi connectivity index (χ0) is 31.6. The van der Waals surface area contributed by atoms with E-state index in [-0.39, 0.29) is 35.0 Å². The van der Waals surface area contributed by atoms with Crippen molar-refractivity contribution in [3.8, 4) is 0 Å². The minimum Gasteiger partial charge on any atom is -0.312 e. The Bertz CT molecular complexity index is 574. The summed E-state index contributed by atoms with van der Waals surface area (Å²) in [7, 11) is 0. The molecule has 0 aromatic heterocycles. The van der Waals surface area contributed by atoms with Gasteiger partial charge in [0.15, 0.2) is 0 Å². The first kappa shape index (κ1) is 50.6. The molecule has 0 aliphatic heterocycles. The molecule has 0 amide bonds. The third-order valence-corrected chi connectivity index (χ3v) is 12.4. The lowest BCUT2D eigenvalue weighted by atomic mass is 10.1. The molecule has 2 atom stereocenters. The Morgan fingerprint density at radius 2 is 0.644 bits per heavy atom. The van der Waals surface area contributed by atoms with E-state index in [4.69, 9.17) is 11.5 Å². The highest BCUT2D eigenvalue weighted by atomic mass is 35.5. The predicted molar refractivity (Wildman–Crippen MR) is 217 cm³/mol. The number of carbonyl (C=O) groups excluding carboxylic acids is 2. The molecule has 2 unspecified atom stereocenters. The van der Waals surface area contributed by atoms with E-state index in [0.29, 0.717) is 11.5 Å². The van der Waals surface area contributed by atoms with Crippen molar-refractivity contribution in [2.75, 3.05) is 23.0 Å². The summed E-state index contributed by atoms with van der Waals surface area (Å²) in [6.07, 6.45) is 33.0. The van der Waals surface area contributed by atoms with Crippen LogP contribution < -0.4 is 11.5 Å². The molecule has 0 saturated heterocycles. The summed E-state index contributed by atoms with van der Waals surface area (Å²) in [6, 6.07) is 0. The van der Waals surface area contributed by atoms with Gasteiger partial charge in [0.2, 0.25) is 10.2 Å². The summed E-state index contributed by atoms with van der Waals surface area (Å²) in [5.41, 5.74) is 12.2. The SMILES string of the molecule is CCCCCCCCCCCCCCSC(N)C(=O)SCCCSC(=O)C(N)SCCCCCCCCCCCCCC.Cl.Cl. The third-order valence-electron chi connectivity index (χ3n) is 7.83. The number of hydrogen-bond donors (Lipinski definition) is 2. The van der Waals surface area contributed by atoms with Gasteiger partial charge in [-0.1, -0.05) is 179 Å². The second kappa shape index (κ2) is 41.4. The number of hydrogen-bond acceptors (Lipinski definition) is 8. The van der Waals surface area contributed by atoms with Crippen LogP contribution in [0.25, 0.3) is 0 Å². The molecule has 0 saturated carbocycles. The first-order valence-electron chi connectivity index (χ1n) is 18.1. The van der Waals surface area contributed by atoms with E-state index in [1.165, 1.54) is 165 Å². The van der Waals surface area contributed by atoms with E-state index in [0.717, 1.165) is 30.8 Å². The monoisotopic (exact) mass is 750 g/mol. The third kappa shape index (κ3) is 37.9. The maximum atomic E-state index is 12.3. The van der Waals surface area contributed by atoms with Gasteiger partial charge in [-0.2, -0.15) is 0 Å². The Hall–Kier alpha value is 1.24. The molecule has 0 aliphatic carbocycles. The standard InChI is InChI=1S/C35H70N2O2S4.2ClH/c1-3-5-7-9-11-13-15-17-19-21-23-25-28-40-32(36)34(38)42-30-27-31-43-35(39)33(37)41-29-26-24-22-20-18-16-14-12-10-8-6-4-2;;/h32-33H,3-31,36-37H2,1-2H3;2*1H. The number of thioether (sulfide) groups is 4. The molecule has 0 rings (SSSR count). The quantitative estimate of drug-likeness (QED) is 0.0496. The van der Waals surface area contributed by atoms with E-state index in [2.05, 4.69) is 13.8 Å². The van der Waals surface area contributed by atoms with Gasteiger partial charge in [0.1, 0.15) is 10.7 Å². The average Bonchev–Trinajstić information content (AvgIpc) is 3.01. The van der Waals surface area contributed by atoms with E-state index in [1.54, 1.807) is 23.5 Å². The molecule has 4 N–H and O–H groups in total. The minimum absolute atomic E-state index is 0. The maximum Gasteiger partial charge on any atom is 0.215 e. The van der Waals surface area contributed by atoms with Crippen LogP contribution in [0.4, 0.5) is 0 Å². The largest absolute Gasteiger partial charge is 0.312 e. The molecular weight excluding hydrogens is 680 g/mol. The summed E-state index contributed by atoms with van der Waals surface area (Å²) in [5, 5.41) is -0.737. The average molecular weight is 752 g/mol. The zero-order valence-electron chi connectivity index (χ0n) is 29.1. The zero-order valence-corrected chi connectivity index (χ0v) is 34.0. The number of carbonyl (C=O) groups is 2. The van der Waals surface area contributed by atoms with Gasteiger partial charge in [-0.25, -0.2) is 0 Å². The fourth-order valence-electron chi connectivity index (χ4n) is 5.01. The minimum atomic E-state index is -0.433. The lowest BCUT2D eigenvalue weighted by Crippen LogP contribution is -2.25. The Morgan fingerprint density at radius 3 is 0.911 bits per heavy atom. The van der Waals surface area contributed by atoms with Gasteiger partial charge in [-0.05, 0) is 30.8 Å². The van der Waals surface area contributed by atoms with Gasteiger partial charge in [0, 0.05) is 11.5 Å². The topological polar surface area (TPSA) is 86.2 Å². The van der Waals surface area contributed by atoms with Crippen molar-refractivity contribution in [3.05, 3.63) is 0 Å². The van der Waals surface area contributed by atoms with Gasteiger partial charge in [0.25, 0.3) is 0 Å². The summed E-state index contributed by atoms with van der Waals surface area (Å²) in [6.45, 7) is 4.54. The Kier molecular flexibility index (Phi) is 46.6. The van der Waals surface area contributed by atoms with Crippen LogP contribution in [0.2, 0.25) is 0 Å². The fourth-order valence-corrected chi connectivity index (χ4v) is 8.84. The number of halogens is 2. The Balaban J connectivity index is -0.00000882. The molecular formula is C35H72Cl2N2O2S4. The van der Waals surface area contributed by atoms with Crippen LogP contribution in [0.5, 0.6) is 0 Å². The molecule has 0 spiro atoms. The van der Waals surface area contributed by atoms with Crippen LogP contribution in [0.1, 0.15) is 174 Å². The van der Waals surface area contributed by atoms with Crippen molar-refractivity contribution in [2.45, 2.75) is 185 Å². The number of rotatable bonds is 34. The number of nitrogens with two attached hydrogens (primary N) is 2. The molecule has 10 heteroatoms. The summed E-state index contributed by atoms with van der Waals surface area (Å²) >= 11 is 5.80. The highest BCUT2D eigenvalue weighted by Crippen LogP contribution is 2.21. The summed E-state index contributed by atoms with van der Waals surface area (Å²) in [4.78, 5) is 24.6. The van der Waals surface area contributed by atoms with Crippen LogP contribution in [0, 0.1) is 0 Å². The van der Waals surface area contributed by atoms with Crippen molar-refractivity contribution in [2.24, 2.45) is 11.5 Å². The second-order valence-corrected chi connectivity index (χ2v) is 16.7. The summed E-state index contributed by atoms with van der Waals surface area (Å²) < 4.78 is 0. The van der Waals surface area contributed by atoms with Gasteiger partial charge in [-0.15, -0.1) is 48.3 Å². The van der Waals surface area contributed by atoms with Gasteiger partial charge < -0.3 is 11.5 Å². The van der Waals surface area contributed by atoms with Crippen molar-refractivity contribution in [3.63, 3.8) is 0 Å². The normalized spacial score (nSPS) is 12.4. The van der Waals surface area contributed by atoms with Gasteiger partial charge in [-0.3, -0.25) is 9.59 Å². The van der Waals surface area contributed by atoms with Crippen LogP contribution in [-0.2, 0) is 9.59 Å². The first-order valence-corrected chi connectivity index (χ1v) is 22.2. The highest BCUT2D eigenvalue weighted by molar-refractivity contribution is 8.16. The van der Waals surface area contributed by atoms with E-state index < -0.39 is 10.7 Å². The van der Waals surface area contributed by atoms with Crippen molar-refractivity contribution in [1.29, 1.82) is 0 Å². The molecule has 0 fully saturated rings. The van der Waals surface area contributed by atoms with Crippen LogP contribution in [0.3, 0.4) is 0 Å². The van der Waals surface area contributed by atoms with Gasteiger partial charge in [0.05, 0.1) is 0 Å². The maximum absolute atomic E-state index is 12.3. The molecule has 0 heterocycles. The summed E-state index contributed by atoms with van der Waals surface area (Å²) in [5.74, 6) is 3.36. The Labute approximate surface area is 309 Å². The Morgan fingerprint density at radius 1 is 0.400 bits per heavy atom.